The van der Waals surface area contributed by atoms with Gasteiger partial charge in [0.15, 0.2) is 5.82 Å². The van der Waals surface area contributed by atoms with Gasteiger partial charge in [0.25, 0.3) is 0 Å². The fraction of sp³-hybridized carbons (Fsp3) is 0.385. The Kier molecular flexibility index (Phi) is 2.95. The fourth-order valence-corrected chi connectivity index (χ4v) is 2.35. The van der Waals surface area contributed by atoms with Crippen LogP contribution in [-0.4, -0.2) is 10.1 Å². The van der Waals surface area contributed by atoms with E-state index in [1.165, 1.54) is 0 Å². The highest BCUT2D eigenvalue weighted by Gasteiger charge is 2.38. The average molecular weight is 308 g/mol. The largest absolute Gasteiger partial charge is 0.339 e. The second-order valence-corrected chi connectivity index (χ2v) is 5.74. The minimum Gasteiger partial charge on any atom is -0.339 e. The smallest absolute Gasteiger partial charge is 0.231 e. The zero-order valence-corrected chi connectivity index (χ0v) is 11.5. The molecule has 2 N–H and O–H groups in total. The lowest BCUT2D eigenvalue weighted by molar-refractivity contribution is 0.229. The van der Waals surface area contributed by atoms with E-state index in [4.69, 9.17) is 10.3 Å². The third-order valence-corrected chi connectivity index (χ3v) is 3.96. The van der Waals surface area contributed by atoms with Crippen molar-refractivity contribution in [2.75, 3.05) is 0 Å². The highest BCUT2D eigenvalue weighted by atomic mass is 79.9. The summed E-state index contributed by atoms with van der Waals surface area (Å²) in [4.78, 5) is 4.41. The molecule has 0 unspecified atom stereocenters. The molecular weight excluding hydrogens is 294 g/mol. The van der Waals surface area contributed by atoms with Gasteiger partial charge in [-0.2, -0.15) is 4.98 Å². The molecule has 1 heterocycles. The molecule has 0 amide bonds. The molecule has 5 heteroatoms. The monoisotopic (exact) mass is 307 g/mol. The van der Waals surface area contributed by atoms with E-state index in [0.717, 1.165) is 29.3 Å². The first kappa shape index (κ1) is 11.9. The molecule has 1 aromatic carbocycles. The standard InChI is InChI=1S/C13H14BrN3O/c14-10-4-2-9(3-5-10)8-11-16-12(17-18-11)13(15)6-1-7-13/h2-5H,1,6-8,15H2. The van der Waals surface area contributed by atoms with Crippen LogP contribution in [0.3, 0.4) is 0 Å². The van der Waals surface area contributed by atoms with Crippen LogP contribution in [0.5, 0.6) is 0 Å². The van der Waals surface area contributed by atoms with Crippen molar-refractivity contribution in [3.05, 3.63) is 46.0 Å². The molecule has 0 spiro atoms. The van der Waals surface area contributed by atoms with Gasteiger partial charge in [-0.15, -0.1) is 0 Å². The molecule has 1 aromatic heterocycles. The van der Waals surface area contributed by atoms with E-state index in [1.54, 1.807) is 0 Å². The van der Waals surface area contributed by atoms with Crippen molar-refractivity contribution < 1.29 is 4.52 Å². The maximum atomic E-state index is 6.16. The van der Waals surface area contributed by atoms with Crippen LogP contribution in [0.2, 0.25) is 0 Å². The third-order valence-electron chi connectivity index (χ3n) is 3.43. The van der Waals surface area contributed by atoms with Crippen molar-refractivity contribution in [2.24, 2.45) is 5.73 Å². The van der Waals surface area contributed by atoms with Crippen LogP contribution in [0.25, 0.3) is 0 Å². The lowest BCUT2D eigenvalue weighted by Gasteiger charge is -2.34. The maximum Gasteiger partial charge on any atom is 0.231 e. The van der Waals surface area contributed by atoms with Crippen LogP contribution < -0.4 is 5.73 Å². The number of nitrogens with zero attached hydrogens (tertiary/aromatic N) is 2. The fourth-order valence-electron chi connectivity index (χ4n) is 2.09. The van der Waals surface area contributed by atoms with E-state index in [-0.39, 0.29) is 5.54 Å². The predicted molar refractivity (Wildman–Crippen MR) is 71.0 cm³/mol. The van der Waals surface area contributed by atoms with Gasteiger partial charge in [0.1, 0.15) is 0 Å². The first-order valence-corrected chi connectivity index (χ1v) is 6.81. The van der Waals surface area contributed by atoms with Crippen molar-refractivity contribution in [3.8, 4) is 0 Å². The molecular formula is C13H14BrN3O. The molecule has 1 aliphatic carbocycles. The molecule has 1 fully saturated rings. The Morgan fingerprint density at radius 3 is 2.61 bits per heavy atom. The zero-order chi connectivity index (χ0) is 12.6. The van der Waals surface area contributed by atoms with E-state index in [1.807, 2.05) is 24.3 Å². The second kappa shape index (κ2) is 4.48. The highest BCUT2D eigenvalue weighted by Crippen LogP contribution is 2.36. The Bertz CT molecular complexity index is 546. The number of aromatic nitrogens is 2. The molecule has 0 bridgehead atoms. The van der Waals surface area contributed by atoms with Crippen LogP contribution in [-0.2, 0) is 12.0 Å². The summed E-state index contributed by atoms with van der Waals surface area (Å²) >= 11 is 3.41. The molecule has 4 nitrogen and oxygen atoms in total. The summed E-state index contributed by atoms with van der Waals surface area (Å²) in [7, 11) is 0. The number of hydrogen-bond acceptors (Lipinski definition) is 4. The summed E-state index contributed by atoms with van der Waals surface area (Å²) in [5.41, 5.74) is 6.96. The van der Waals surface area contributed by atoms with Crippen molar-refractivity contribution in [2.45, 2.75) is 31.2 Å². The van der Waals surface area contributed by atoms with Crippen LogP contribution in [0.4, 0.5) is 0 Å². The van der Waals surface area contributed by atoms with Gasteiger partial charge in [-0.3, -0.25) is 0 Å². The van der Waals surface area contributed by atoms with E-state index < -0.39 is 0 Å². The van der Waals surface area contributed by atoms with Gasteiger partial charge in [-0.1, -0.05) is 33.2 Å². The first-order valence-electron chi connectivity index (χ1n) is 6.02. The average Bonchev–Trinajstić information content (AvgIpc) is 2.78. The molecule has 2 aromatic rings. The van der Waals surface area contributed by atoms with Crippen molar-refractivity contribution in [1.82, 2.24) is 10.1 Å². The quantitative estimate of drug-likeness (QED) is 0.947. The summed E-state index contributed by atoms with van der Waals surface area (Å²) in [5.74, 6) is 1.28. The van der Waals surface area contributed by atoms with Gasteiger partial charge < -0.3 is 10.3 Å². The Labute approximate surface area is 114 Å². The van der Waals surface area contributed by atoms with Gasteiger partial charge in [0, 0.05) is 4.47 Å². The molecule has 0 saturated heterocycles. The minimum absolute atomic E-state index is 0.346. The Balaban J connectivity index is 1.75. The van der Waals surface area contributed by atoms with E-state index >= 15 is 0 Å². The number of nitrogens with two attached hydrogens (primary N) is 1. The topological polar surface area (TPSA) is 64.9 Å². The zero-order valence-electron chi connectivity index (χ0n) is 9.90. The van der Waals surface area contributed by atoms with Crippen molar-refractivity contribution >= 4 is 15.9 Å². The lowest BCUT2D eigenvalue weighted by Crippen LogP contribution is -2.44. The number of benzene rings is 1. The lowest BCUT2D eigenvalue weighted by atomic mass is 9.77. The molecule has 1 saturated carbocycles. The van der Waals surface area contributed by atoms with Gasteiger partial charge in [-0.05, 0) is 37.0 Å². The summed E-state index contributed by atoms with van der Waals surface area (Å²) < 4.78 is 6.33. The molecule has 18 heavy (non-hydrogen) atoms. The van der Waals surface area contributed by atoms with E-state index in [0.29, 0.717) is 18.1 Å². The predicted octanol–water partition coefficient (Wildman–Crippen LogP) is 2.76. The Morgan fingerprint density at radius 2 is 2.00 bits per heavy atom. The molecule has 0 aliphatic heterocycles. The summed E-state index contributed by atoms with van der Waals surface area (Å²) in [6, 6.07) is 8.08. The Morgan fingerprint density at radius 1 is 1.28 bits per heavy atom. The van der Waals surface area contributed by atoms with E-state index in [2.05, 4.69) is 26.1 Å². The van der Waals surface area contributed by atoms with E-state index in [9.17, 15) is 0 Å². The molecule has 1 aliphatic rings. The third kappa shape index (κ3) is 2.20. The first-order chi connectivity index (χ1) is 8.66. The molecule has 0 radical (unpaired) electrons. The number of halogens is 1. The SMILES string of the molecule is NC1(c2noc(Cc3ccc(Br)cc3)n2)CCC1. The van der Waals surface area contributed by atoms with Gasteiger partial charge >= 0.3 is 0 Å². The summed E-state index contributed by atoms with van der Waals surface area (Å²) in [6.07, 6.45) is 3.69. The van der Waals surface area contributed by atoms with Gasteiger partial charge in [-0.25, -0.2) is 0 Å². The second-order valence-electron chi connectivity index (χ2n) is 4.82. The molecule has 94 valence electrons. The van der Waals surface area contributed by atoms with Gasteiger partial charge in [0.2, 0.25) is 5.89 Å². The van der Waals surface area contributed by atoms with Gasteiger partial charge in [0.05, 0.1) is 12.0 Å². The highest BCUT2D eigenvalue weighted by molar-refractivity contribution is 9.10. The minimum atomic E-state index is -0.346. The van der Waals surface area contributed by atoms with Crippen LogP contribution in [0.15, 0.2) is 33.3 Å². The van der Waals surface area contributed by atoms with Crippen LogP contribution in [0.1, 0.15) is 36.5 Å². The van der Waals surface area contributed by atoms with Crippen LogP contribution >= 0.6 is 15.9 Å². The normalized spacial score (nSPS) is 17.4. The Hall–Kier alpha value is -1.20. The number of hydrogen-bond donors (Lipinski definition) is 1. The molecule has 3 rings (SSSR count). The number of rotatable bonds is 3. The van der Waals surface area contributed by atoms with Crippen LogP contribution in [0, 0.1) is 0 Å². The molecule has 0 atom stereocenters. The van der Waals surface area contributed by atoms with Crippen molar-refractivity contribution in [1.29, 1.82) is 0 Å². The van der Waals surface area contributed by atoms with Crippen molar-refractivity contribution in [3.63, 3.8) is 0 Å². The maximum absolute atomic E-state index is 6.16. The summed E-state index contributed by atoms with van der Waals surface area (Å²) in [5, 5.41) is 4.00. The summed E-state index contributed by atoms with van der Waals surface area (Å²) in [6.45, 7) is 0.